The molecule has 0 saturated heterocycles. The number of hydrogen-bond acceptors (Lipinski definition) is 6. The Bertz CT molecular complexity index is 802. The van der Waals surface area contributed by atoms with E-state index in [1.807, 2.05) is 19.0 Å². The number of nitrogens with one attached hydrogen (secondary N) is 1. The minimum absolute atomic E-state index is 0.252. The summed E-state index contributed by atoms with van der Waals surface area (Å²) in [6, 6.07) is 0.252. The topological polar surface area (TPSA) is 79.8 Å². The van der Waals surface area contributed by atoms with Crippen molar-refractivity contribution in [3.8, 4) is 11.8 Å². The lowest BCUT2D eigenvalue weighted by atomic mass is 10.3. The van der Waals surface area contributed by atoms with Gasteiger partial charge in [0, 0.05) is 19.8 Å². The molecule has 0 amide bonds. The normalized spacial score (nSPS) is 10.9. The number of halogens is 1. The summed E-state index contributed by atoms with van der Waals surface area (Å²) < 4.78 is 6.64. The average molecular weight is 363 g/mol. The van der Waals surface area contributed by atoms with Crippen molar-refractivity contribution in [1.82, 2.24) is 24.9 Å². The summed E-state index contributed by atoms with van der Waals surface area (Å²) in [4.78, 5) is 22.0. The molecule has 0 radical (unpaired) electrons. The van der Waals surface area contributed by atoms with Gasteiger partial charge in [-0.15, -0.1) is 0 Å². The molecule has 0 aromatic carbocycles. The van der Waals surface area contributed by atoms with Gasteiger partial charge < -0.3 is 14.6 Å². The van der Waals surface area contributed by atoms with E-state index in [-0.39, 0.29) is 6.01 Å². The number of aromatic amines is 1. The van der Waals surface area contributed by atoms with Crippen LogP contribution in [0.3, 0.4) is 0 Å². The summed E-state index contributed by atoms with van der Waals surface area (Å²) >= 11 is 3.62. The van der Waals surface area contributed by atoms with E-state index in [9.17, 15) is 0 Å². The molecule has 0 saturated carbocycles. The van der Waals surface area contributed by atoms with Crippen molar-refractivity contribution in [2.45, 2.75) is 13.3 Å². The lowest BCUT2D eigenvalue weighted by molar-refractivity contribution is 0.440. The van der Waals surface area contributed by atoms with Crippen LogP contribution in [0.15, 0.2) is 23.2 Å². The van der Waals surface area contributed by atoms with Crippen LogP contribution >= 0.6 is 15.9 Å². The van der Waals surface area contributed by atoms with E-state index in [4.69, 9.17) is 4.74 Å². The Balaban J connectivity index is 2.13. The number of hydrogen-bond donors (Lipinski definition) is 1. The standard InChI is InChI=1S/C14H15BrN6O/c1-4-9-11(15)10-12(18-9)19-14(20-13(10)21(2)3)22-8-5-16-7-17-6-8/h5-7H,4H2,1-3H3,(H,18,19,20). The number of rotatable bonds is 4. The molecule has 1 N–H and O–H groups in total. The third-order valence-electron chi connectivity index (χ3n) is 3.15. The van der Waals surface area contributed by atoms with Gasteiger partial charge in [0.15, 0.2) is 5.75 Å². The number of nitrogens with zero attached hydrogens (tertiary/aromatic N) is 5. The van der Waals surface area contributed by atoms with Crippen molar-refractivity contribution in [2.24, 2.45) is 0 Å². The fourth-order valence-corrected chi connectivity index (χ4v) is 2.87. The number of H-pyrrole nitrogens is 1. The summed E-state index contributed by atoms with van der Waals surface area (Å²) in [6.45, 7) is 2.08. The molecule has 8 heteroatoms. The van der Waals surface area contributed by atoms with Gasteiger partial charge >= 0.3 is 6.01 Å². The van der Waals surface area contributed by atoms with Crippen LogP contribution in [0.2, 0.25) is 0 Å². The predicted molar refractivity (Wildman–Crippen MR) is 87.4 cm³/mol. The van der Waals surface area contributed by atoms with E-state index >= 15 is 0 Å². The first-order valence-corrected chi connectivity index (χ1v) is 7.57. The van der Waals surface area contributed by atoms with Crippen molar-refractivity contribution < 1.29 is 4.74 Å². The van der Waals surface area contributed by atoms with E-state index in [0.29, 0.717) is 5.75 Å². The first-order chi connectivity index (χ1) is 10.6. The SMILES string of the molecule is CCc1[nH]c2nc(Oc3cncnc3)nc(N(C)C)c2c1Br. The molecule has 0 bridgehead atoms. The fourth-order valence-electron chi connectivity index (χ4n) is 2.13. The molecule has 3 rings (SSSR count). The highest BCUT2D eigenvalue weighted by molar-refractivity contribution is 9.10. The molecule has 3 heterocycles. The van der Waals surface area contributed by atoms with E-state index in [0.717, 1.165) is 33.4 Å². The van der Waals surface area contributed by atoms with Crippen LogP contribution in [0.25, 0.3) is 11.0 Å². The summed E-state index contributed by atoms with van der Waals surface area (Å²) in [5, 5.41) is 0.943. The fraction of sp³-hybridized carbons (Fsp3) is 0.286. The second-order valence-corrected chi connectivity index (χ2v) is 5.69. The highest BCUT2D eigenvalue weighted by Gasteiger charge is 2.18. The third kappa shape index (κ3) is 2.61. The predicted octanol–water partition coefficient (Wildman–Crippen LogP) is 2.93. The van der Waals surface area contributed by atoms with Gasteiger partial charge in [0.1, 0.15) is 17.8 Å². The molecule has 0 aliphatic rings. The van der Waals surface area contributed by atoms with Crippen molar-refractivity contribution in [3.05, 3.63) is 28.9 Å². The first kappa shape index (κ1) is 14.7. The van der Waals surface area contributed by atoms with E-state index in [1.54, 1.807) is 12.4 Å². The number of aromatic nitrogens is 5. The Morgan fingerprint density at radius 3 is 2.59 bits per heavy atom. The van der Waals surface area contributed by atoms with Gasteiger partial charge in [-0.2, -0.15) is 9.97 Å². The summed E-state index contributed by atoms with van der Waals surface area (Å²) in [5.41, 5.74) is 1.81. The highest BCUT2D eigenvalue weighted by atomic mass is 79.9. The van der Waals surface area contributed by atoms with Gasteiger partial charge in [-0.05, 0) is 22.4 Å². The average Bonchev–Trinajstić information content (AvgIpc) is 2.83. The van der Waals surface area contributed by atoms with E-state index in [2.05, 4.69) is 47.8 Å². The minimum Gasteiger partial charge on any atom is -0.421 e. The van der Waals surface area contributed by atoms with Crippen LogP contribution in [0, 0.1) is 0 Å². The van der Waals surface area contributed by atoms with Crippen LogP contribution in [-0.2, 0) is 6.42 Å². The molecule has 0 aliphatic carbocycles. The molecule has 0 aliphatic heterocycles. The summed E-state index contributed by atoms with van der Waals surface area (Å²) in [6.07, 6.45) is 5.44. The zero-order valence-corrected chi connectivity index (χ0v) is 14.0. The molecule has 3 aromatic rings. The molecule has 0 unspecified atom stereocenters. The number of anilines is 1. The second-order valence-electron chi connectivity index (χ2n) is 4.90. The smallest absolute Gasteiger partial charge is 0.326 e. The van der Waals surface area contributed by atoms with Gasteiger partial charge in [0.05, 0.1) is 22.3 Å². The van der Waals surface area contributed by atoms with Crippen LogP contribution in [0.4, 0.5) is 5.82 Å². The van der Waals surface area contributed by atoms with Gasteiger partial charge in [-0.1, -0.05) is 6.92 Å². The van der Waals surface area contributed by atoms with Crippen LogP contribution in [0.5, 0.6) is 11.8 Å². The maximum Gasteiger partial charge on any atom is 0.326 e. The van der Waals surface area contributed by atoms with Crippen molar-refractivity contribution >= 4 is 32.8 Å². The van der Waals surface area contributed by atoms with Crippen LogP contribution < -0.4 is 9.64 Å². The molecular formula is C14H15BrN6O. The highest BCUT2D eigenvalue weighted by Crippen LogP contribution is 2.35. The number of ether oxygens (including phenoxy) is 1. The van der Waals surface area contributed by atoms with Gasteiger partial charge in [0.2, 0.25) is 0 Å². The Hall–Kier alpha value is -2.22. The van der Waals surface area contributed by atoms with Crippen molar-refractivity contribution in [1.29, 1.82) is 0 Å². The Labute approximate surface area is 135 Å². The monoisotopic (exact) mass is 362 g/mol. The lowest BCUT2D eigenvalue weighted by Gasteiger charge is -2.13. The quantitative estimate of drug-likeness (QED) is 0.768. The molecule has 22 heavy (non-hydrogen) atoms. The molecular weight excluding hydrogens is 348 g/mol. The largest absolute Gasteiger partial charge is 0.421 e. The summed E-state index contributed by atoms with van der Waals surface area (Å²) in [7, 11) is 3.87. The third-order valence-corrected chi connectivity index (χ3v) is 4.02. The molecule has 0 spiro atoms. The van der Waals surface area contributed by atoms with Crippen molar-refractivity contribution in [2.75, 3.05) is 19.0 Å². The molecule has 114 valence electrons. The van der Waals surface area contributed by atoms with Gasteiger partial charge in [-0.25, -0.2) is 9.97 Å². The zero-order chi connectivity index (χ0) is 15.7. The Morgan fingerprint density at radius 2 is 1.95 bits per heavy atom. The Kier molecular flexibility index (Phi) is 3.93. The lowest BCUT2D eigenvalue weighted by Crippen LogP contribution is -2.12. The van der Waals surface area contributed by atoms with Gasteiger partial charge in [-0.3, -0.25) is 0 Å². The van der Waals surface area contributed by atoms with Crippen LogP contribution in [0.1, 0.15) is 12.6 Å². The number of fused-ring (bicyclic) bond motifs is 1. The molecule has 0 atom stereocenters. The summed E-state index contributed by atoms with van der Waals surface area (Å²) in [5.74, 6) is 1.27. The van der Waals surface area contributed by atoms with Gasteiger partial charge in [0.25, 0.3) is 0 Å². The minimum atomic E-state index is 0.252. The maximum absolute atomic E-state index is 5.65. The first-order valence-electron chi connectivity index (χ1n) is 6.78. The van der Waals surface area contributed by atoms with E-state index in [1.165, 1.54) is 6.33 Å². The second kappa shape index (κ2) is 5.88. The molecule has 0 fully saturated rings. The molecule has 7 nitrogen and oxygen atoms in total. The molecule has 3 aromatic heterocycles. The maximum atomic E-state index is 5.65. The zero-order valence-electron chi connectivity index (χ0n) is 12.5. The van der Waals surface area contributed by atoms with Crippen LogP contribution in [-0.4, -0.2) is 39.0 Å². The van der Waals surface area contributed by atoms with E-state index < -0.39 is 0 Å². The Morgan fingerprint density at radius 1 is 1.23 bits per heavy atom. The number of aryl methyl sites for hydroxylation is 1. The van der Waals surface area contributed by atoms with Crippen molar-refractivity contribution in [3.63, 3.8) is 0 Å².